The molecule has 1 amide bonds. The first-order valence-electron chi connectivity index (χ1n) is 6.93. The molecule has 18 heavy (non-hydrogen) atoms. The van der Waals surface area contributed by atoms with Gasteiger partial charge < -0.3 is 11.1 Å². The van der Waals surface area contributed by atoms with Crippen LogP contribution in [0.5, 0.6) is 0 Å². The van der Waals surface area contributed by atoms with E-state index in [9.17, 15) is 4.79 Å². The van der Waals surface area contributed by atoms with Crippen molar-refractivity contribution in [2.45, 2.75) is 50.2 Å². The summed E-state index contributed by atoms with van der Waals surface area (Å²) in [7, 11) is 0. The predicted molar refractivity (Wildman–Crippen MR) is 78.8 cm³/mol. The van der Waals surface area contributed by atoms with Gasteiger partial charge in [-0.25, -0.2) is 0 Å². The Kier molecular flexibility index (Phi) is 7.04. The zero-order valence-electron chi connectivity index (χ0n) is 11.8. The van der Waals surface area contributed by atoms with Crippen molar-refractivity contribution in [2.24, 2.45) is 5.73 Å². The third-order valence-electron chi connectivity index (χ3n) is 3.23. The molecule has 0 radical (unpaired) electrons. The van der Waals surface area contributed by atoms with Crippen LogP contribution in [0.15, 0.2) is 0 Å². The minimum absolute atomic E-state index is 0.130. The highest BCUT2D eigenvalue weighted by Gasteiger charge is 2.28. The number of nitrogens with one attached hydrogen (secondary N) is 1. The molecule has 1 fully saturated rings. The zero-order chi connectivity index (χ0) is 13.5. The third kappa shape index (κ3) is 5.16. The Labute approximate surface area is 115 Å². The monoisotopic (exact) mass is 273 g/mol. The maximum absolute atomic E-state index is 11.8. The molecule has 1 rings (SSSR count). The van der Waals surface area contributed by atoms with E-state index in [0.717, 1.165) is 26.1 Å². The normalized spacial score (nSPS) is 26.9. The molecule has 0 aromatic rings. The van der Waals surface area contributed by atoms with E-state index in [-0.39, 0.29) is 11.9 Å². The topological polar surface area (TPSA) is 58.4 Å². The second-order valence-electron chi connectivity index (χ2n) is 5.15. The summed E-state index contributed by atoms with van der Waals surface area (Å²) >= 11 is 2.02. The average Bonchev–Trinajstić information content (AvgIpc) is 2.32. The highest BCUT2D eigenvalue weighted by Crippen LogP contribution is 2.26. The Bertz CT molecular complexity index is 253. The fourth-order valence-electron chi connectivity index (χ4n) is 2.43. The van der Waals surface area contributed by atoms with Crippen molar-refractivity contribution >= 4 is 17.7 Å². The minimum Gasteiger partial charge on any atom is -0.356 e. The Balaban J connectivity index is 2.46. The third-order valence-corrected chi connectivity index (χ3v) is 4.46. The lowest BCUT2D eigenvalue weighted by Crippen LogP contribution is -2.50. The molecule has 1 saturated heterocycles. The van der Waals surface area contributed by atoms with Crippen LogP contribution in [0.4, 0.5) is 0 Å². The SMILES string of the molecule is CCCNC(=O)CC(CN)N1CC(C)SC(C)C1. The Hall–Kier alpha value is -0.260. The Morgan fingerprint density at radius 3 is 2.56 bits per heavy atom. The maximum atomic E-state index is 11.8. The molecule has 0 saturated carbocycles. The molecule has 1 heterocycles. The van der Waals surface area contributed by atoms with Crippen LogP contribution in [0.3, 0.4) is 0 Å². The van der Waals surface area contributed by atoms with Crippen LogP contribution < -0.4 is 11.1 Å². The fourth-order valence-corrected chi connectivity index (χ4v) is 3.78. The minimum atomic E-state index is 0.130. The van der Waals surface area contributed by atoms with E-state index in [0.29, 0.717) is 23.5 Å². The maximum Gasteiger partial charge on any atom is 0.221 e. The molecule has 1 aliphatic rings. The number of carbonyl (C=O) groups is 1. The van der Waals surface area contributed by atoms with Gasteiger partial charge in [0.1, 0.15) is 0 Å². The molecule has 3 unspecified atom stereocenters. The summed E-state index contributed by atoms with van der Waals surface area (Å²) in [5, 5.41) is 4.19. The first-order chi connectivity index (χ1) is 8.56. The van der Waals surface area contributed by atoms with Crippen LogP contribution in [-0.4, -0.2) is 53.5 Å². The number of hydrogen-bond acceptors (Lipinski definition) is 4. The molecule has 106 valence electrons. The molecule has 1 aliphatic heterocycles. The van der Waals surface area contributed by atoms with Crippen molar-refractivity contribution in [3.63, 3.8) is 0 Å². The molecule has 0 aliphatic carbocycles. The lowest BCUT2D eigenvalue weighted by molar-refractivity contribution is -0.122. The number of rotatable bonds is 6. The van der Waals surface area contributed by atoms with Gasteiger partial charge >= 0.3 is 0 Å². The van der Waals surface area contributed by atoms with Crippen LogP contribution in [0.25, 0.3) is 0 Å². The quantitative estimate of drug-likeness (QED) is 0.760. The van der Waals surface area contributed by atoms with Gasteiger partial charge in [-0.2, -0.15) is 11.8 Å². The van der Waals surface area contributed by atoms with Gasteiger partial charge in [0, 0.05) is 49.1 Å². The second kappa shape index (κ2) is 8.02. The number of nitrogens with two attached hydrogens (primary N) is 1. The molecular weight excluding hydrogens is 246 g/mol. The van der Waals surface area contributed by atoms with Crippen LogP contribution in [0.2, 0.25) is 0 Å². The van der Waals surface area contributed by atoms with Crippen molar-refractivity contribution in [2.75, 3.05) is 26.2 Å². The Morgan fingerprint density at radius 1 is 1.44 bits per heavy atom. The van der Waals surface area contributed by atoms with Crippen molar-refractivity contribution < 1.29 is 4.79 Å². The van der Waals surface area contributed by atoms with Crippen molar-refractivity contribution in [3.8, 4) is 0 Å². The number of nitrogens with zero attached hydrogens (tertiary/aromatic N) is 1. The van der Waals surface area contributed by atoms with Gasteiger partial charge in [-0.15, -0.1) is 0 Å². The van der Waals surface area contributed by atoms with Crippen LogP contribution in [-0.2, 0) is 4.79 Å². The van der Waals surface area contributed by atoms with Crippen molar-refractivity contribution in [1.82, 2.24) is 10.2 Å². The van der Waals surface area contributed by atoms with E-state index < -0.39 is 0 Å². The summed E-state index contributed by atoms with van der Waals surface area (Å²) in [6.45, 7) is 9.96. The summed E-state index contributed by atoms with van der Waals surface area (Å²) in [6, 6.07) is 0.188. The molecular formula is C13H27N3OS. The molecule has 0 spiro atoms. The molecule has 4 nitrogen and oxygen atoms in total. The molecule has 0 bridgehead atoms. The first-order valence-corrected chi connectivity index (χ1v) is 7.87. The van der Waals surface area contributed by atoms with Crippen LogP contribution in [0, 0.1) is 0 Å². The number of hydrogen-bond donors (Lipinski definition) is 2. The van der Waals surface area contributed by atoms with E-state index >= 15 is 0 Å². The standard InChI is InChI=1S/C13H27N3OS/c1-4-5-15-13(17)6-12(7-14)16-8-10(2)18-11(3)9-16/h10-12H,4-9,14H2,1-3H3,(H,15,17). The molecule has 3 atom stereocenters. The molecule has 0 aromatic carbocycles. The summed E-state index contributed by atoms with van der Waals surface area (Å²) in [5.41, 5.74) is 5.84. The van der Waals surface area contributed by atoms with E-state index in [1.807, 2.05) is 11.8 Å². The van der Waals surface area contributed by atoms with Gasteiger partial charge in [0.2, 0.25) is 5.91 Å². The van der Waals surface area contributed by atoms with Gasteiger partial charge in [0.05, 0.1) is 0 Å². The van der Waals surface area contributed by atoms with E-state index in [4.69, 9.17) is 5.73 Å². The van der Waals surface area contributed by atoms with Crippen LogP contribution in [0.1, 0.15) is 33.6 Å². The van der Waals surface area contributed by atoms with Gasteiger partial charge in [-0.3, -0.25) is 9.69 Å². The highest BCUT2D eigenvalue weighted by atomic mass is 32.2. The summed E-state index contributed by atoms with van der Waals surface area (Å²) in [4.78, 5) is 14.2. The lowest BCUT2D eigenvalue weighted by atomic mass is 10.1. The molecule has 5 heteroatoms. The van der Waals surface area contributed by atoms with E-state index in [2.05, 4.69) is 31.0 Å². The van der Waals surface area contributed by atoms with Gasteiger partial charge in [0.25, 0.3) is 0 Å². The molecule has 0 aromatic heterocycles. The Morgan fingerprint density at radius 2 is 2.06 bits per heavy atom. The van der Waals surface area contributed by atoms with Gasteiger partial charge in [-0.05, 0) is 6.42 Å². The van der Waals surface area contributed by atoms with Gasteiger partial charge in [-0.1, -0.05) is 20.8 Å². The summed E-state index contributed by atoms with van der Waals surface area (Å²) in [6.07, 6.45) is 1.51. The average molecular weight is 273 g/mol. The van der Waals surface area contributed by atoms with Crippen molar-refractivity contribution in [3.05, 3.63) is 0 Å². The number of carbonyl (C=O) groups excluding carboxylic acids is 1. The second-order valence-corrected chi connectivity index (χ2v) is 7.04. The predicted octanol–water partition coefficient (Wildman–Crippen LogP) is 1.06. The summed E-state index contributed by atoms with van der Waals surface area (Å²) < 4.78 is 0. The number of amides is 1. The highest BCUT2D eigenvalue weighted by molar-refractivity contribution is 8.00. The smallest absolute Gasteiger partial charge is 0.221 e. The zero-order valence-corrected chi connectivity index (χ0v) is 12.6. The summed E-state index contributed by atoms with van der Waals surface area (Å²) in [5.74, 6) is 0.130. The fraction of sp³-hybridized carbons (Fsp3) is 0.923. The number of thioether (sulfide) groups is 1. The first kappa shape index (κ1) is 15.8. The lowest BCUT2D eigenvalue weighted by Gasteiger charge is -2.39. The van der Waals surface area contributed by atoms with E-state index in [1.165, 1.54) is 0 Å². The largest absolute Gasteiger partial charge is 0.356 e. The van der Waals surface area contributed by atoms with Gasteiger partial charge in [0.15, 0.2) is 0 Å². The van der Waals surface area contributed by atoms with E-state index in [1.54, 1.807) is 0 Å². The van der Waals surface area contributed by atoms with Crippen LogP contribution >= 0.6 is 11.8 Å². The molecule has 3 N–H and O–H groups in total. The van der Waals surface area contributed by atoms with Crippen molar-refractivity contribution in [1.29, 1.82) is 0 Å².